The Kier molecular flexibility index (Phi) is 7.70. The molecule has 0 radical (unpaired) electrons. The van der Waals surface area contributed by atoms with Crippen LogP contribution in [-0.4, -0.2) is 61.8 Å². The smallest absolute Gasteiger partial charge is 0.227 e. The lowest BCUT2D eigenvalue weighted by Crippen LogP contribution is -2.47. The normalized spacial score (nSPS) is 20.4. The molecular formula is C23H32N4O3S. The second-order valence-electron chi connectivity index (χ2n) is 8.39. The van der Waals surface area contributed by atoms with Crippen molar-refractivity contribution in [2.24, 2.45) is 10.9 Å². The number of aryl methyl sites for hydroxylation is 1. The minimum atomic E-state index is -3.18. The number of nitrogens with zero attached hydrogens (tertiary/aromatic N) is 3. The second-order valence-corrected chi connectivity index (χ2v) is 10.6. The molecule has 1 amide bonds. The van der Waals surface area contributed by atoms with Gasteiger partial charge in [-0.15, -0.1) is 0 Å². The number of piperidine rings is 1. The Balaban J connectivity index is 1.68. The molecule has 168 valence electrons. The molecule has 0 saturated carbocycles. The summed E-state index contributed by atoms with van der Waals surface area (Å²) in [5.74, 6) is -0.215. The summed E-state index contributed by atoms with van der Waals surface area (Å²) in [6.07, 6.45) is 5.86. The molecule has 0 aromatic heterocycles. The molecule has 2 heterocycles. The van der Waals surface area contributed by atoms with Crippen molar-refractivity contribution in [2.75, 3.05) is 31.5 Å². The molecule has 2 aliphatic rings. The molecule has 8 heteroatoms. The standard InChI is InChI=1S/C23H32N4O3S/c1-18(2)26-12-5-4-11-24-22(16-26)31(30,17-28)27-13-9-20(10-14-27)23(29)25-21-8-6-7-19(3)15-21/h5-8,12,15,18,20H,4,9-11,13-14,16H2,1-3H3,(H,25,29). The highest BCUT2D eigenvalue weighted by atomic mass is 32.2. The highest BCUT2D eigenvalue weighted by Crippen LogP contribution is 2.23. The van der Waals surface area contributed by atoms with Gasteiger partial charge in [-0.05, 0) is 63.9 Å². The van der Waals surface area contributed by atoms with Crippen LogP contribution in [0.3, 0.4) is 0 Å². The van der Waals surface area contributed by atoms with E-state index in [0.717, 1.165) is 17.7 Å². The van der Waals surface area contributed by atoms with Gasteiger partial charge in [-0.3, -0.25) is 9.79 Å². The zero-order chi connectivity index (χ0) is 22.4. The van der Waals surface area contributed by atoms with Crippen molar-refractivity contribution in [2.45, 2.75) is 46.1 Å². The van der Waals surface area contributed by atoms with E-state index in [2.05, 4.69) is 10.3 Å². The van der Waals surface area contributed by atoms with Crippen molar-refractivity contribution in [1.29, 1.82) is 0 Å². The fraction of sp³-hybridized carbons (Fsp3) is 0.522. The van der Waals surface area contributed by atoms with E-state index >= 15 is 0 Å². The highest BCUT2D eigenvalue weighted by Gasteiger charge is 2.33. The van der Waals surface area contributed by atoms with Gasteiger partial charge in [0, 0.05) is 37.3 Å². The van der Waals surface area contributed by atoms with Gasteiger partial charge in [0.2, 0.25) is 11.1 Å². The lowest BCUT2D eigenvalue weighted by molar-refractivity contribution is -0.120. The summed E-state index contributed by atoms with van der Waals surface area (Å²) in [6.45, 7) is 7.73. The third kappa shape index (κ3) is 5.64. The number of hydrogen-bond acceptors (Lipinski definition) is 5. The lowest BCUT2D eigenvalue weighted by Gasteiger charge is -2.34. The number of nitrogens with one attached hydrogen (secondary N) is 1. The first kappa shape index (κ1) is 23.3. The number of aliphatic imine (C=N–C) groups is 1. The molecule has 1 aromatic carbocycles. The van der Waals surface area contributed by atoms with Crippen LogP contribution in [0.5, 0.6) is 0 Å². The van der Waals surface area contributed by atoms with Crippen molar-refractivity contribution < 1.29 is 13.8 Å². The molecule has 1 atom stereocenters. The van der Waals surface area contributed by atoms with Crippen molar-refractivity contribution >= 4 is 31.6 Å². The molecule has 0 bridgehead atoms. The fourth-order valence-corrected chi connectivity index (χ4v) is 5.67. The minimum Gasteiger partial charge on any atom is -0.369 e. The van der Waals surface area contributed by atoms with Crippen LogP contribution in [0, 0.1) is 12.8 Å². The molecule has 31 heavy (non-hydrogen) atoms. The SMILES string of the molecule is Cc1cccc(NC(=O)C2CCN(S(=O)(=C=O)C3=NCCC=CN(C(C)C)C3)CC2)c1. The van der Waals surface area contributed by atoms with Crippen LogP contribution in [0.4, 0.5) is 5.69 Å². The summed E-state index contributed by atoms with van der Waals surface area (Å²) in [7, 11) is -3.18. The Morgan fingerprint density at radius 2 is 2.03 bits per heavy atom. The van der Waals surface area contributed by atoms with E-state index in [-0.39, 0.29) is 17.9 Å². The average molecular weight is 445 g/mol. The van der Waals surface area contributed by atoms with Crippen molar-refractivity contribution in [3.63, 3.8) is 0 Å². The molecule has 1 unspecified atom stereocenters. The van der Waals surface area contributed by atoms with E-state index < -0.39 is 9.71 Å². The van der Waals surface area contributed by atoms with Gasteiger partial charge in [0.05, 0.1) is 6.54 Å². The summed E-state index contributed by atoms with van der Waals surface area (Å²) >= 11 is 0. The van der Waals surface area contributed by atoms with Crippen LogP contribution in [0.2, 0.25) is 0 Å². The number of carbonyl (C=O) groups is 1. The third-order valence-electron chi connectivity index (χ3n) is 5.77. The van der Waals surface area contributed by atoms with E-state index in [9.17, 15) is 13.8 Å². The fourth-order valence-electron chi connectivity index (χ4n) is 3.85. The second kappa shape index (κ2) is 10.3. The summed E-state index contributed by atoms with van der Waals surface area (Å²) in [5.41, 5.74) is 1.86. The predicted octanol–water partition coefficient (Wildman–Crippen LogP) is 2.94. The molecule has 1 fully saturated rings. The molecule has 7 nitrogen and oxygen atoms in total. The average Bonchev–Trinajstić information content (AvgIpc) is 2.73. The summed E-state index contributed by atoms with van der Waals surface area (Å²) < 4.78 is 15.4. The Bertz CT molecular complexity index is 996. The van der Waals surface area contributed by atoms with Gasteiger partial charge in [-0.25, -0.2) is 13.3 Å². The summed E-state index contributed by atoms with van der Waals surface area (Å²) in [6, 6.07) is 7.90. The van der Waals surface area contributed by atoms with Gasteiger partial charge < -0.3 is 10.2 Å². The first-order valence-electron chi connectivity index (χ1n) is 10.8. The van der Waals surface area contributed by atoms with E-state index in [1.54, 1.807) is 4.31 Å². The molecule has 0 spiro atoms. The van der Waals surface area contributed by atoms with Crippen LogP contribution in [-0.2, 0) is 19.3 Å². The number of anilines is 1. The van der Waals surface area contributed by atoms with E-state index in [0.29, 0.717) is 44.1 Å². The van der Waals surface area contributed by atoms with Gasteiger partial charge in [0.15, 0.2) is 9.71 Å². The number of hydrogen-bond donors (Lipinski definition) is 1. The summed E-state index contributed by atoms with van der Waals surface area (Å²) in [4.78, 5) is 31.2. The Hall–Kier alpha value is -2.41. The van der Waals surface area contributed by atoms with Gasteiger partial charge in [0.1, 0.15) is 5.04 Å². The number of benzene rings is 1. The third-order valence-corrected chi connectivity index (χ3v) is 7.98. The largest absolute Gasteiger partial charge is 0.369 e. The maximum absolute atomic E-state index is 13.7. The Morgan fingerprint density at radius 3 is 2.68 bits per heavy atom. The first-order valence-corrected chi connectivity index (χ1v) is 12.4. The van der Waals surface area contributed by atoms with E-state index in [1.807, 2.05) is 67.4 Å². The van der Waals surface area contributed by atoms with Crippen LogP contribution >= 0.6 is 0 Å². The zero-order valence-corrected chi connectivity index (χ0v) is 19.4. The molecule has 1 N–H and O–H groups in total. The van der Waals surface area contributed by atoms with Gasteiger partial charge in [-0.1, -0.05) is 18.2 Å². The van der Waals surface area contributed by atoms with Crippen LogP contribution in [0.1, 0.15) is 38.7 Å². The predicted molar refractivity (Wildman–Crippen MR) is 126 cm³/mol. The number of rotatable bonds is 4. The summed E-state index contributed by atoms with van der Waals surface area (Å²) in [5, 5.41) is 5.20. The Labute approximate surface area is 185 Å². The lowest BCUT2D eigenvalue weighted by atomic mass is 9.97. The van der Waals surface area contributed by atoms with Crippen molar-refractivity contribution in [3.8, 4) is 0 Å². The molecule has 0 aliphatic carbocycles. The van der Waals surface area contributed by atoms with Crippen LogP contribution in [0.25, 0.3) is 0 Å². The molecule has 1 aromatic rings. The quantitative estimate of drug-likeness (QED) is 0.724. The maximum Gasteiger partial charge on any atom is 0.227 e. The number of amides is 1. The van der Waals surface area contributed by atoms with Crippen LogP contribution < -0.4 is 5.32 Å². The highest BCUT2D eigenvalue weighted by molar-refractivity contribution is 8.12. The Morgan fingerprint density at radius 1 is 1.29 bits per heavy atom. The van der Waals surface area contributed by atoms with Crippen molar-refractivity contribution in [3.05, 3.63) is 42.1 Å². The maximum atomic E-state index is 13.7. The van der Waals surface area contributed by atoms with Gasteiger partial charge in [0.25, 0.3) is 0 Å². The molecule has 1 saturated heterocycles. The zero-order valence-electron chi connectivity index (χ0n) is 18.5. The van der Waals surface area contributed by atoms with Gasteiger partial charge in [-0.2, -0.15) is 0 Å². The van der Waals surface area contributed by atoms with Crippen molar-refractivity contribution in [1.82, 2.24) is 9.21 Å². The first-order chi connectivity index (χ1) is 14.8. The number of carbonyl (C=O) groups excluding carboxylic acids is 2. The van der Waals surface area contributed by atoms with E-state index in [1.165, 1.54) is 0 Å². The van der Waals surface area contributed by atoms with E-state index in [4.69, 9.17) is 0 Å². The topological polar surface area (TPSA) is 82.1 Å². The van der Waals surface area contributed by atoms with Crippen LogP contribution in [0.15, 0.2) is 41.5 Å². The molecule has 2 aliphatic heterocycles. The molecule has 3 rings (SSSR count). The van der Waals surface area contributed by atoms with Gasteiger partial charge >= 0.3 is 0 Å². The minimum absolute atomic E-state index is 0.0359. The molecular weight excluding hydrogens is 412 g/mol. The monoisotopic (exact) mass is 444 g/mol.